The minimum Gasteiger partial charge on any atom is -0.0616 e. The average Bonchev–Trinajstić information content (AvgIpc) is 3.74. The predicted octanol–water partition coefficient (Wildman–Crippen LogP) is 10.1. The summed E-state index contributed by atoms with van der Waals surface area (Å²) in [6, 6.07) is 32.9. The molecule has 0 heteroatoms. The van der Waals surface area contributed by atoms with Gasteiger partial charge in [0.25, 0.3) is 0 Å². The first kappa shape index (κ1) is 19.8. The molecule has 2 fully saturated rings. The van der Waals surface area contributed by atoms with E-state index in [2.05, 4.69) is 84.9 Å². The number of rotatable bonds is 2. The summed E-state index contributed by atoms with van der Waals surface area (Å²) in [5.41, 5.74) is 12.5. The molecule has 4 atom stereocenters. The average molecular weight is 463 g/mol. The number of hydrogen-bond donors (Lipinski definition) is 0. The Bertz CT molecular complexity index is 1540. The van der Waals surface area contributed by atoms with Gasteiger partial charge in [-0.15, -0.1) is 0 Å². The van der Waals surface area contributed by atoms with Crippen LogP contribution in [0.25, 0.3) is 43.8 Å². The minimum atomic E-state index is 0.742. The van der Waals surface area contributed by atoms with Gasteiger partial charge in [0.15, 0.2) is 0 Å². The third-order valence-electron chi connectivity index (χ3n) is 10.3. The summed E-state index contributed by atoms with van der Waals surface area (Å²) in [4.78, 5) is 0. The predicted molar refractivity (Wildman–Crippen MR) is 151 cm³/mol. The van der Waals surface area contributed by atoms with Crippen LogP contribution in [0.4, 0.5) is 0 Å². The van der Waals surface area contributed by atoms with Gasteiger partial charge in [-0.2, -0.15) is 0 Å². The first-order valence-electron chi connectivity index (χ1n) is 14.1. The molecule has 9 rings (SSSR count). The Morgan fingerprint density at radius 3 is 1.19 bits per heavy atom. The fraction of sp³-hybridized carbons (Fsp3) is 0.278. The molecule has 0 radical (unpaired) electrons. The normalized spacial score (nSPS) is 25.1. The number of benzene rings is 5. The van der Waals surface area contributed by atoms with Crippen LogP contribution in [-0.2, 0) is 0 Å². The standard InChI is InChI=1S/C36H30/c1-2-8-28-27(7-1)35(31-13-5-11-25-21-15-17-23(19-21)33(25)31)29-9-3-4-10-30(29)36(28)32-14-6-12-26-22-16-18-24(20-22)34(26)32/h1-14,21-24H,15-20H2. The van der Waals surface area contributed by atoms with Crippen LogP contribution < -0.4 is 0 Å². The Kier molecular flexibility index (Phi) is 3.90. The van der Waals surface area contributed by atoms with E-state index in [1.165, 1.54) is 82.3 Å². The molecule has 0 aliphatic heterocycles. The summed E-state index contributed by atoms with van der Waals surface area (Å²) in [5.74, 6) is 3.05. The summed E-state index contributed by atoms with van der Waals surface area (Å²) in [5, 5.41) is 5.68. The molecule has 174 valence electrons. The molecule has 4 unspecified atom stereocenters. The molecule has 5 aromatic carbocycles. The highest BCUT2D eigenvalue weighted by Gasteiger charge is 2.40. The Labute approximate surface area is 213 Å². The first-order chi connectivity index (χ1) is 17.9. The van der Waals surface area contributed by atoms with Crippen molar-refractivity contribution in [3.05, 3.63) is 107 Å². The summed E-state index contributed by atoms with van der Waals surface area (Å²) in [7, 11) is 0. The van der Waals surface area contributed by atoms with Crippen molar-refractivity contribution in [3.8, 4) is 22.3 Å². The van der Waals surface area contributed by atoms with E-state index in [0.29, 0.717) is 0 Å². The van der Waals surface area contributed by atoms with E-state index in [1.54, 1.807) is 22.3 Å². The summed E-state index contributed by atoms with van der Waals surface area (Å²) in [6.07, 6.45) is 8.20. The lowest BCUT2D eigenvalue weighted by molar-refractivity contribution is 0.719. The van der Waals surface area contributed by atoms with Gasteiger partial charge in [-0.05, 0) is 128 Å². The quantitative estimate of drug-likeness (QED) is 0.229. The largest absolute Gasteiger partial charge is 0.0616 e. The van der Waals surface area contributed by atoms with Gasteiger partial charge in [-0.25, -0.2) is 0 Å². The molecule has 4 aliphatic carbocycles. The highest BCUT2D eigenvalue weighted by atomic mass is 14.4. The smallest absolute Gasteiger partial charge is 0.00234 e. The second kappa shape index (κ2) is 7.10. The van der Waals surface area contributed by atoms with Crippen molar-refractivity contribution in [2.24, 2.45) is 0 Å². The lowest BCUT2D eigenvalue weighted by Gasteiger charge is -2.25. The first-order valence-corrected chi connectivity index (χ1v) is 14.1. The van der Waals surface area contributed by atoms with Crippen molar-refractivity contribution in [2.45, 2.75) is 62.2 Å². The highest BCUT2D eigenvalue weighted by molar-refractivity contribution is 6.22. The molecular formula is C36H30. The van der Waals surface area contributed by atoms with Gasteiger partial charge in [0.1, 0.15) is 0 Å². The van der Waals surface area contributed by atoms with Gasteiger partial charge >= 0.3 is 0 Å². The third kappa shape index (κ3) is 2.45. The van der Waals surface area contributed by atoms with Gasteiger partial charge < -0.3 is 0 Å². The summed E-state index contributed by atoms with van der Waals surface area (Å²) >= 11 is 0. The molecule has 5 aromatic rings. The van der Waals surface area contributed by atoms with Crippen LogP contribution in [0.5, 0.6) is 0 Å². The van der Waals surface area contributed by atoms with Gasteiger partial charge in [0.05, 0.1) is 0 Å². The van der Waals surface area contributed by atoms with Gasteiger partial charge in [0, 0.05) is 0 Å². The molecule has 4 bridgehead atoms. The second-order valence-corrected chi connectivity index (χ2v) is 11.9. The van der Waals surface area contributed by atoms with Crippen LogP contribution in [-0.4, -0.2) is 0 Å². The van der Waals surface area contributed by atoms with Crippen LogP contribution in [0.2, 0.25) is 0 Å². The van der Waals surface area contributed by atoms with Crippen LogP contribution in [0.1, 0.15) is 84.5 Å². The second-order valence-electron chi connectivity index (χ2n) is 11.9. The van der Waals surface area contributed by atoms with Gasteiger partial charge in [0.2, 0.25) is 0 Å². The lowest BCUT2D eigenvalue weighted by Crippen LogP contribution is -2.02. The van der Waals surface area contributed by atoms with E-state index in [-0.39, 0.29) is 0 Å². The Balaban J connectivity index is 1.42. The molecule has 0 spiro atoms. The van der Waals surface area contributed by atoms with E-state index >= 15 is 0 Å². The zero-order valence-corrected chi connectivity index (χ0v) is 20.6. The fourth-order valence-corrected chi connectivity index (χ4v) is 8.99. The summed E-state index contributed by atoms with van der Waals surface area (Å²) < 4.78 is 0. The molecule has 0 nitrogen and oxygen atoms in total. The van der Waals surface area contributed by atoms with Crippen LogP contribution in [0.3, 0.4) is 0 Å². The lowest BCUT2D eigenvalue weighted by atomic mass is 9.79. The van der Waals surface area contributed by atoms with Gasteiger partial charge in [-0.1, -0.05) is 84.9 Å². The molecule has 0 heterocycles. The van der Waals surface area contributed by atoms with Crippen molar-refractivity contribution >= 4 is 21.5 Å². The molecule has 0 N–H and O–H groups in total. The van der Waals surface area contributed by atoms with Gasteiger partial charge in [-0.3, -0.25) is 0 Å². The van der Waals surface area contributed by atoms with Crippen molar-refractivity contribution in [3.63, 3.8) is 0 Å². The zero-order chi connectivity index (χ0) is 23.4. The number of fused-ring (bicyclic) bond motifs is 12. The maximum absolute atomic E-state index is 2.42. The van der Waals surface area contributed by atoms with Crippen LogP contribution >= 0.6 is 0 Å². The molecule has 36 heavy (non-hydrogen) atoms. The molecule has 0 amide bonds. The SMILES string of the molecule is c1cc(-c2c3ccccc3c(-c3cccc4c3C3CCC4C3)c3ccccc23)c2c(c1)C1CCC2C1. The Morgan fingerprint density at radius 2 is 0.778 bits per heavy atom. The highest BCUT2D eigenvalue weighted by Crippen LogP contribution is 2.59. The van der Waals surface area contributed by atoms with Crippen molar-refractivity contribution in [1.29, 1.82) is 0 Å². The Hall–Kier alpha value is -3.38. The van der Waals surface area contributed by atoms with E-state index in [9.17, 15) is 0 Å². The maximum Gasteiger partial charge on any atom is -0.00234 e. The molecule has 0 saturated heterocycles. The summed E-state index contributed by atoms with van der Waals surface area (Å²) in [6.45, 7) is 0. The van der Waals surface area contributed by atoms with Crippen LogP contribution in [0.15, 0.2) is 84.9 Å². The molecular weight excluding hydrogens is 432 g/mol. The Morgan fingerprint density at radius 1 is 0.389 bits per heavy atom. The van der Waals surface area contributed by atoms with E-state index in [1.807, 2.05) is 0 Å². The van der Waals surface area contributed by atoms with Crippen molar-refractivity contribution in [2.75, 3.05) is 0 Å². The van der Waals surface area contributed by atoms with Crippen molar-refractivity contribution < 1.29 is 0 Å². The molecule has 4 aliphatic rings. The van der Waals surface area contributed by atoms with Crippen LogP contribution in [0, 0.1) is 0 Å². The number of hydrogen-bond acceptors (Lipinski definition) is 0. The zero-order valence-electron chi connectivity index (χ0n) is 20.6. The monoisotopic (exact) mass is 462 g/mol. The molecule has 2 saturated carbocycles. The van der Waals surface area contributed by atoms with E-state index in [4.69, 9.17) is 0 Å². The molecule has 0 aromatic heterocycles. The minimum absolute atomic E-state index is 0.742. The topological polar surface area (TPSA) is 0 Å². The maximum atomic E-state index is 2.42. The third-order valence-corrected chi connectivity index (χ3v) is 10.3. The fourth-order valence-electron chi connectivity index (χ4n) is 8.99. The van der Waals surface area contributed by atoms with Crippen molar-refractivity contribution in [1.82, 2.24) is 0 Å². The van der Waals surface area contributed by atoms with E-state index in [0.717, 1.165) is 23.7 Å². The van der Waals surface area contributed by atoms with E-state index < -0.39 is 0 Å².